The van der Waals surface area contributed by atoms with Crippen LogP contribution in [0.2, 0.25) is 0 Å². The molecule has 1 aromatic heterocycles. The molecule has 19 heavy (non-hydrogen) atoms. The Morgan fingerprint density at radius 2 is 2.05 bits per heavy atom. The van der Waals surface area contributed by atoms with Gasteiger partial charge in [0.05, 0.1) is 24.7 Å². The molecule has 0 aliphatic heterocycles. The van der Waals surface area contributed by atoms with Crippen molar-refractivity contribution in [3.05, 3.63) is 41.7 Å². The van der Waals surface area contributed by atoms with Crippen LogP contribution < -0.4 is 4.74 Å². The second-order valence-corrected chi connectivity index (χ2v) is 4.63. The molecule has 0 saturated heterocycles. The van der Waals surface area contributed by atoms with E-state index in [1.54, 1.807) is 11.8 Å². The van der Waals surface area contributed by atoms with E-state index in [2.05, 4.69) is 5.10 Å². The minimum Gasteiger partial charge on any atom is -0.497 e. The second kappa shape index (κ2) is 4.42. The van der Waals surface area contributed by atoms with Crippen LogP contribution in [0.4, 0.5) is 0 Å². The van der Waals surface area contributed by atoms with Crippen LogP contribution in [0, 0.1) is 0 Å². The molecule has 98 valence electrons. The van der Waals surface area contributed by atoms with E-state index < -0.39 is 5.97 Å². The van der Waals surface area contributed by atoms with Crippen molar-refractivity contribution in [3.8, 4) is 11.4 Å². The van der Waals surface area contributed by atoms with Gasteiger partial charge in [0, 0.05) is 5.92 Å². The first-order valence-electron chi connectivity index (χ1n) is 6.16. The lowest BCUT2D eigenvalue weighted by Gasteiger charge is -2.08. The molecule has 1 fully saturated rings. The maximum Gasteiger partial charge on any atom is 0.339 e. The van der Waals surface area contributed by atoms with Gasteiger partial charge in [0.25, 0.3) is 0 Å². The standard InChI is InChI=1S/C14H14N2O3/c1-19-11-6-4-10(5-7-11)16-13(9-2-3-9)12(8-15-16)14(17)18/h4-9H,2-3H2,1H3,(H,17,18). The van der Waals surface area contributed by atoms with E-state index in [0.717, 1.165) is 30.0 Å². The molecule has 5 heteroatoms. The number of nitrogens with zero attached hydrogens (tertiary/aromatic N) is 2. The highest BCUT2D eigenvalue weighted by Gasteiger charge is 2.32. The SMILES string of the molecule is COc1ccc(-n2ncc(C(=O)O)c2C2CC2)cc1. The molecular weight excluding hydrogens is 244 g/mol. The van der Waals surface area contributed by atoms with Crippen LogP contribution in [0.15, 0.2) is 30.5 Å². The van der Waals surface area contributed by atoms with Crippen molar-refractivity contribution in [2.24, 2.45) is 0 Å². The summed E-state index contributed by atoms with van der Waals surface area (Å²) >= 11 is 0. The highest BCUT2D eigenvalue weighted by molar-refractivity contribution is 5.89. The van der Waals surface area contributed by atoms with E-state index in [1.807, 2.05) is 24.3 Å². The molecule has 0 radical (unpaired) electrons. The fraction of sp³-hybridized carbons (Fsp3) is 0.286. The van der Waals surface area contributed by atoms with Crippen molar-refractivity contribution in [1.29, 1.82) is 0 Å². The van der Waals surface area contributed by atoms with Gasteiger partial charge in [-0.1, -0.05) is 0 Å². The van der Waals surface area contributed by atoms with E-state index >= 15 is 0 Å². The van der Waals surface area contributed by atoms with Gasteiger partial charge in [-0.3, -0.25) is 0 Å². The Balaban J connectivity index is 2.06. The number of hydrogen-bond donors (Lipinski definition) is 1. The first-order chi connectivity index (χ1) is 9.20. The number of benzene rings is 1. The fourth-order valence-corrected chi connectivity index (χ4v) is 2.20. The topological polar surface area (TPSA) is 64.4 Å². The maximum absolute atomic E-state index is 11.2. The smallest absolute Gasteiger partial charge is 0.339 e. The molecule has 1 aromatic carbocycles. The number of hydrogen-bond acceptors (Lipinski definition) is 3. The van der Waals surface area contributed by atoms with E-state index in [4.69, 9.17) is 4.74 Å². The fourth-order valence-electron chi connectivity index (χ4n) is 2.20. The molecule has 0 atom stereocenters. The number of ether oxygens (including phenoxy) is 1. The average molecular weight is 258 g/mol. The Morgan fingerprint density at radius 1 is 1.37 bits per heavy atom. The third-order valence-corrected chi connectivity index (χ3v) is 3.32. The first-order valence-corrected chi connectivity index (χ1v) is 6.16. The molecule has 0 bridgehead atoms. The number of methoxy groups -OCH3 is 1. The number of aromatic nitrogens is 2. The number of carbonyl (C=O) groups is 1. The molecule has 0 amide bonds. The summed E-state index contributed by atoms with van der Waals surface area (Å²) < 4.78 is 6.84. The number of aromatic carboxylic acids is 1. The predicted octanol–water partition coefficient (Wildman–Crippen LogP) is 2.46. The third-order valence-electron chi connectivity index (χ3n) is 3.32. The van der Waals surface area contributed by atoms with E-state index in [1.165, 1.54) is 6.20 Å². The minimum absolute atomic E-state index is 0.304. The lowest BCUT2D eigenvalue weighted by molar-refractivity contribution is 0.0695. The van der Waals surface area contributed by atoms with Crippen molar-refractivity contribution in [2.75, 3.05) is 7.11 Å². The zero-order valence-corrected chi connectivity index (χ0v) is 10.5. The van der Waals surface area contributed by atoms with Crippen LogP contribution in [0.25, 0.3) is 5.69 Å². The predicted molar refractivity (Wildman–Crippen MR) is 69.1 cm³/mol. The van der Waals surface area contributed by atoms with E-state index in [0.29, 0.717) is 11.5 Å². The van der Waals surface area contributed by atoms with Crippen molar-refractivity contribution in [3.63, 3.8) is 0 Å². The van der Waals surface area contributed by atoms with Crippen LogP contribution in [0.1, 0.15) is 34.8 Å². The Labute approximate surface area is 110 Å². The number of carboxylic acid groups (broad SMARTS) is 1. The molecule has 5 nitrogen and oxygen atoms in total. The number of rotatable bonds is 4. The maximum atomic E-state index is 11.2. The molecule has 1 saturated carbocycles. The third kappa shape index (κ3) is 2.07. The molecule has 1 N–H and O–H groups in total. The minimum atomic E-state index is -0.915. The largest absolute Gasteiger partial charge is 0.497 e. The summed E-state index contributed by atoms with van der Waals surface area (Å²) in [5.74, 6) is 0.166. The van der Waals surface area contributed by atoms with Crippen molar-refractivity contribution >= 4 is 5.97 Å². The summed E-state index contributed by atoms with van der Waals surface area (Å²) in [6.07, 6.45) is 3.49. The van der Waals surface area contributed by atoms with Crippen molar-refractivity contribution in [1.82, 2.24) is 9.78 Å². The van der Waals surface area contributed by atoms with Gasteiger partial charge in [-0.2, -0.15) is 5.10 Å². The van der Waals surface area contributed by atoms with Gasteiger partial charge in [0.1, 0.15) is 11.3 Å². The first kappa shape index (κ1) is 11.8. The lowest BCUT2D eigenvalue weighted by atomic mass is 10.1. The number of carboxylic acids is 1. The molecular formula is C14H14N2O3. The Hall–Kier alpha value is -2.30. The molecule has 1 heterocycles. The van der Waals surface area contributed by atoms with Gasteiger partial charge in [-0.05, 0) is 37.1 Å². The Bertz CT molecular complexity index is 612. The van der Waals surface area contributed by atoms with E-state index in [-0.39, 0.29) is 0 Å². The summed E-state index contributed by atoms with van der Waals surface area (Å²) in [5, 5.41) is 13.4. The zero-order chi connectivity index (χ0) is 13.4. The molecule has 0 unspecified atom stereocenters. The van der Waals surface area contributed by atoms with Gasteiger partial charge in [0.2, 0.25) is 0 Å². The van der Waals surface area contributed by atoms with Crippen LogP contribution >= 0.6 is 0 Å². The summed E-state index contributed by atoms with van der Waals surface area (Å²) in [4.78, 5) is 11.2. The normalized spacial score (nSPS) is 14.4. The van der Waals surface area contributed by atoms with Gasteiger partial charge >= 0.3 is 5.97 Å². The Morgan fingerprint density at radius 3 is 2.58 bits per heavy atom. The zero-order valence-electron chi connectivity index (χ0n) is 10.5. The van der Waals surface area contributed by atoms with Gasteiger partial charge in [-0.15, -0.1) is 0 Å². The summed E-state index contributed by atoms with van der Waals surface area (Å²) in [7, 11) is 1.61. The second-order valence-electron chi connectivity index (χ2n) is 4.63. The molecule has 2 aromatic rings. The van der Waals surface area contributed by atoms with Crippen LogP contribution in [-0.4, -0.2) is 28.0 Å². The molecule has 1 aliphatic rings. The summed E-state index contributed by atoms with van der Waals surface area (Å²) in [6.45, 7) is 0. The Kier molecular flexibility index (Phi) is 2.74. The van der Waals surface area contributed by atoms with E-state index in [9.17, 15) is 9.90 Å². The molecule has 1 aliphatic carbocycles. The van der Waals surface area contributed by atoms with Gasteiger partial charge in [0.15, 0.2) is 0 Å². The highest BCUT2D eigenvalue weighted by Crippen LogP contribution is 2.42. The molecule has 0 spiro atoms. The quantitative estimate of drug-likeness (QED) is 0.914. The van der Waals surface area contributed by atoms with Gasteiger partial charge in [-0.25, -0.2) is 9.48 Å². The highest BCUT2D eigenvalue weighted by atomic mass is 16.5. The van der Waals surface area contributed by atoms with Crippen LogP contribution in [0.3, 0.4) is 0 Å². The average Bonchev–Trinajstić information content (AvgIpc) is 3.17. The molecule has 3 rings (SSSR count). The van der Waals surface area contributed by atoms with Crippen LogP contribution in [0.5, 0.6) is 5.75 Å². The van der Waals surface area contributed by atoms with Crippen molar-refractivity contribution < 1.29 is 14.6 Å². The van der Waals surface area contributed by atoms with Gasteiger partial charge < -0.3 is 9.84 Å². The van der Waals surface area contributed by atoms with Crippen LogP contribution in [-0.2, 0) is 0 Å². The van der Waals surface area contributed by atoms with Crippen molar-refractivity contribution in [2.45, 2.75) is 18.8 Å². The summed E-state index contributed by atoms with van der Waals surface area (Å²) in [6, 6.07) is 7.44. The monoisotopic (exact) mass is 258 g/mol. The lowest BCUT2D eigenvalue weighted by Crippen LogP contribution is -2.05. The summed E-state index contributed by atoms with van der Waals surface area (Å²) in [5.41, 5.74) is 1.96.